The van der Waals surface area contributed by atoms with E-state index in [0.717, 1.165) is 94.0 Å². The molecule has 12 nitrogen and oxygen atoms in total. The molecule has 0 saturated carbocycles. The van der Waals surface area contributed by atoms with Gasteiger partial charge in [-0.25, -0.2) is 29.9 Å². The van der Waals surface area contributed by atoms with E-state index in [2.05, 4.69) is 186 Å². The Balaban J connectivity index is 1.07. The van der Waals surface area contributed by atoms with E-state index in [1.54, 1.807) is 0 Å². The smallest absolute Gasteiger partial charge is 0.0966 e. The maximum atomic E-state index is 5.01. The van der Waals surface area contributed by atoms with Gasteiger partial charge >= 0.3 is 0 Å². The lowest BCUT2D eigenvalue weighted by molar-refractivity contribution is 0.780. The number of hydrogen-bond acceptors (Lipinski definition) is 6. The third-order valence-corrected chi connectivity index (χ3v) is 32.5. The zero-order valence-electron chi connectivity index (χ0n) is 37.4. The second-order valence-electron chi connectivity index (χ2n) is 16.7. The topological polar surface area (TPSA) is 107 Å². The van der Waals surface area contributed by atoms with Crippen molar-refractivity contribution >= 4 is 102 Å². The van der Waals surface area contributed by atoms with Gasteiger partial charge in [-0.05, 0) is 72.8 Å². The fourth-order valence-electron chi connectivity index (χ4n) is 9.07. The van der Waals surface area contributed by atoms with Crippen LogP contribution in [0.3, 0.4) is 0 Å². The first-order chi connectivity index (χ1) is 33.7. The van der Waals surface area contributed by atoms with Gasteiger partial charge in [0.25, 0.3) is 0 Å². The lowest BCUT2D eigenvalue weighted by Crippen LogP contribution is -2.28. The molecule has 0 spiro atoms. The molecule has 0 radical (unpaired) electrons. The van der Waals surface area contributed by atoms with Crippen molar-refractivity contribution in [2.45, 2.75) is 37.9 Å². The molecule has 342 valence electrons. The Hall–Kier alpha value is -6.46. The molecule has 2 unspecified atom stereocenters. The first kappa shape index (κ1) is 42.9. The number of rotatable bonds is 17. The summed E-state index contributed by atoms with van der Waals surface area (Å²) in [6, 6.07) is 51.4. The molecule has 0 aliphatic carbocycles. The SMILES string of the molecule is c1ccc2c(c1)ncn2CCS(CCn1cnc2ccccc21)=S(Cn1cnc2ccccc21)S(Cn1cnc2ccccc21)=S(CCn1cnc2ccccc21)CCn1cnc2ccccc21. The molecule has 68 heavy (non-hydrogen) atoms. The summed E-state index contributed by atoms with van der Waals surface area (Å²) in [5, 5.41) is 0. The van der Waals surface area contributed by atoms with Gasteiger partial charge in [0.05, 0.1) is 116 Å². The number of imidazole rings is 6. The van der Waals surface area contributed by atoms with Gasteiger partial charge in [-0.15, -0.1) is 18.9 Å². The number of para-hydroxylation sites is 12. The maximum Gasteiger partial charge on any atom is 0.0966 e. The molecule has 6 heterocycles. The van der Waals surface area contributed by atoms with E-state index < -0.39 is 0 Å². The van der Waals surface area contributed by atoms with E-state index in [1.807, 2.05) is 25.3 Å². The predicted octanol–water partition coefficient (Wildman–Crippen LogP) is 9.42. The monoisotopic (exact) mass is 970 g/mol. The quantitative estimate of drug-likeness (QED) is 0.0843. The minimum Gasteiger partial charge on any atom is -0.330 e. The predicted molar refractivity (Wildman–Crippen MR) is 287 cm³/mol. The lowest BCUT2D eigenvalue weighted by atomic mass is 10.3. The van der Waals surface area contributed by atoms with Crippen molar-refractivity contribution in [3.63, 3.8) is 0 Å². The van der Waals surface area contributed by atoms with Gasteiger partial charge in [0.2, 0.25) is 0 Å². The van der Waals surface area contributed by atoms with Gasteiger partial charge < -0.3 is 27.4 Å². The molecule has 0 aliphatic heterocycles. The van der Waals surface area contributed by atoms with Crippen molar-refractivity contribution in [2.24, 2.45) is 0 Å². The summed E-state index contributed by atoms with van der Waals surface area (Å²) in [6.07, 6.45) is 12.4. The first-order valence-corrected chi connectivity index (χ1v) is 30.3. The molecule has 0 fully saturated rings. The van der Waals surface area contributed by atoms with Crippen molar-refractivity contribution in [3.05, 3.63) is 184 Å². The van der Waals surface area contributed by atoms with E-state index in [4.69, 9.17) is 29.9 Å². The number of benzene rings is 6. The summed E-state index contributed by atoms with van der Waals surface area (Å²) in [5.74, 6) is 5.83. The standard InChI is InChI=1S/C52H50N12S4/c1-7-19-47-41(13-1)53-33-59(47)25-29-65(30-26-60-34-54-42-14-2-8-20-48(42)60)67(39-63-37-57-45-17-5-11-23-51(45)63)68(40-64-38-58-46-18-6-12-24-52(46)64)66(31-27-61-35-55-43-15-3-9-21-49(43)61)32-28-62-36-56-44-16-4-10-22-50(44)62/h1-24,33-38H,25-32,39-40H2. The van der Waals surface area contributed by atoms with Crippen LogP contribution in [0.2, 0.25) is 0 Å². The molecule has 0 amide bonds. The molecular weight excluding hydrogens is 921 g/mol. The van der Waals surface area contributed by atoms with Crippen molar-refractivity contribution < 1.29 is 0 Å². The van der Waals surface area contributed by atoms with Crippen molar-refractivity contribution in [2.75, 3.05) is 23.0 Å². The molecule has 12 aromatic rings. The Labute approximate surface area is 401 Å². The number of hydrogen-bond donors (Lipinski definition) is 0. The van der Waals surface area contributed by atoms with Gasteiger partial charge in [0, 0.05) is 49.2 Å². The summed E-state index contributed by atoms with van der Waals surface area (Å²) in [4.78, 5) is 29.5. The highest BCUT2D eigenvalue weighted by atomic mass is 33.5. The summed E-state index contributed by atoms with van der Waals surface area (Å²) in [6.45, 7) is 3.51. The molecule has 6 aromatic heterocycles. The summed E-state index contributed by atoms with van der Waals surface area (Å²) in [7, 11) is -0.492. The van der Waals surface area contributed by atoms with Gasteiger partial charge in [0.1, 0.15) is 0 Å². The average molecular weight is 971 g/mol. The van der Waals surface area contributed by atoms with Crippen molar-refractivity contribution in [3.8, 4) is 0 Å². The van der Waals surface area contributed by atoms with Gasteiger partial charge in [0.15, 0.2) is 0 Å². The van der Waals surface area contributed by atoms with Gasteiger partial charge in [-0.3, -0.25) is 0 Å². The Kier molecular flexibility index (Phi) is 12.1. The molecule has 6 aromatic carbocycles. The molecule has 0 bridgehead atoms. The van der Waals surface area contributed by atoms with Gasteiger partial charge in [-0.1, -0.05) is 89.8 Å². The second-order valence-corrected chi connectivity index (χ2v) is 30.7. The van der Waals surface area contributed by atoms with Crippen LogP contribution >= 0.6 is 0 Å². The zero-order chi connectivity index (χ0) is 45.2. The zero-order valence-corrected chi connectivity index (χ0v) is 40.7. The lowest BCUT2D eigenvalue weighted by Gasteiger charge is -2.28. The van der Waals surface area contributed by atoms with E-state index in [-0.39, 0.29) is 35.9 Å². The van der Waals surface area contributed by atoms with Crippen LogP contribution in [0.1, 0.15) is 0 Å². The minimum atomic E-state index is -0.159. The van der Waals surface area contributed by atoms with Gasteiger partial charge in [-0.2, -0.15) is 0 Å². The van der Waals surface area contributed by atoms with Crippen molar-refractivity contribution in [1.29, 1.82) is 0 Å². The summed E-state index contributed by atoms with van der Waals surface area (Å²) >= 11 is 0. The van der Waals surface area contributed by atoms with Crippen LogP contribution in [0.5, 0.6) is 0 Å². The minimum absolute atomic E-state index is 0.0866. The van der Waals surface area contributed by atoms with E-state index in [1.165, 1.54) is 33.1 Å². The molecule has 12 rings (SSSR count). The fraction of sp³-hybridized carbons (Fsp3) is 0.192. The Morgan fingerprint density at radius 1 is 0.265 bits per heavy atom. The van der Waals surface area contributed by atoms with E-state index in [0.29, 0.717) is 0 Å². The molecule has 0 N–H and O–H groups in total. The number of aromatic nitrogens is 12. The highest BCUT2D eigenvalue weighted by Gasteiger charge is 2.20. The van der Waals surface area contributed by atoms with Crippen molar-refractivity contribution in [1.82, 2.24) is 57.3 Å². The largest absolute Gasteiger partial charge is 0.330 e. The Morgan fingerprint density at radius 2 is 0.471 bits per heavy atom. The second kappa shape index (κ2) is 19.3. The molecule has 0 aliphatic rings. The molecule has 2 atom stereocenters. The van der Waals surface area contributed by atoms with Crippen LogP contribution < -0.4 is 0 Å². The van der Waals surface area contributed by atoms with Crippen LogP contribution in [0.4, 0.5) is 0 Å². The molecule has 0 saturated heterocycles. The normalized spacial score (nSPS) is 13.1. The number of fused-ring (bicyclic) bond motifs is 6. The number of aryl methyl sites for hydroxylation is 4. The van der Waals surface area contributed by atoms with Crippen LogP contribution in [0, 0.1) is 0 Å². The molecule has 16 heteroatoms. The third-order valence-electron chi connectivity index (χ3n) is 12.6. The summed E-state index contributed by atoms with van der Waals surface area (Å²) in [5.41, 5.74) is 13.3. The first-order valence-electron chi connectivity index (χ1n) is 22.9. The Morgan fingerprint density at radius 3 is 0.721 bits per heavy atom. The highest BCUT2D eigenvalue weighted by Crippen LogP contribution is 2.24. The van der Waals surface area contributed by atoms with E-state index in [9.17, 15) is 0 Å². The highest BCUT2D eigenvalue weighted by molar-refractivity contribution is 8.93. The maximum absolute atomic E-state index is 5.01. The molecular formula is C52H50N12S4. The average Bonchev–Trinajstić information content (AvgIpc) is 4.27. The third kappa shape index (κ3) is 8.66. The van der Waals surface area contributed by atoms with Crippen LogP contribution in [-0.2, 0) is 73.8 Å². The Bertz CT molecular complexity index is 3400. The van der Waals surface area contributed by atoms with Crippen LogP contribution in [0.15, 0.2) is 184 Å². The fourth-order valence-corrected chi connectivity index (χ4v) is 32.4. The number of nitrogens with zero attached hydrogens (tertiary/aromatic N) is 12. The van der Waals surface area contributed by atoms with Crippen LogP contribution in [0.25, 0.3) is 66.2 Å². The summed E-state index contributed by atoms with van der Waals surface area (Å²) < 4.78 is 14.5. The van der Waals surface area contributed by atoms with E-state index >= 15 is 0 Å². The van der Waals surface area contributed by atoms with Crippen LogP contribution in [-0.4, -0.2) is 80.3 Å².